The predicted octanol–water partition coefficient (Wildman–Crippen LogP) is 3.19. The van der Waals surface area contributed by atoms with Crippen LogP contribution in [0.3, 0.4) is 0 Å². The lowest BCUT2D eigenvalue weighted by atomic mass is 10.2. The lowest BCUT2D eigenvalue weighted by molar-refractivity contribution is 0.254. The molecule has 1 aliphatic carbocycles. The summed E-state index contributed by atoms with van der Waals surface area (Å²) in [5.41, 5.74) is 0. The van der Waals surface area contributed by atoms with E-state index in [0.717, 1.165) is 43.7 Å². The van der Waals surface area contributed by atoms with E-state index in [1.54, 1.807) is 0 Å². The van der Waals surface area contributed by atoms with Crippen molar-refractivity contribution < 1.29 is 0 Å². The van der Waals surface area contributed by atoms with Crippen molar-refractivity contribution in [3.63, 3.8) is 0 Å². The summed E-state index contributed by atoms with van der Waals surface area (Å²) >= 11 is 0. The molecule has 0 atom stereocenters. The molecule has 20 heavy (non-hydrogen) atoms. The number of anilines is 2. The van der Waals surface area contributed by atoms with Gasteiger partial charge in [-0.2, -0.15) is 0 Å². The van der Waals surface area contributed by atoms with Crippen molar-refractivity contribution in [3.8, 4) is 0 Å². The zero-order valence-corrected chi connectivity index (χ0v) is 12.9. The molecule has 1 aromatic rings. The minimum Gasteiger partial charge on any atom is -0.370 e. The third-order valence-corrected chi connectivity index (χ3v) is 4.02. The zero-order valence-electron chi connectivity index (χ0n) is 12.9. The summed E-state index contributed by atoms with van der Waals surface area (Å²) in [4.78, 5) is 7.05. The number of aromatic nitrogens is 1. The summed E-state index contributed by atoms with van der Waals surface area (Å²) in [5.74, 6) is 1.92. The lowest BCUT2D eigenvalue weighted by Gasteiger charge is -2.24. The Bertz CT molecular complexity index is 388. The van der Waals surface area contributed by atoms with Crippen molar-refractivity contribution in [1.82, 2.24) is 9.88 Å². The minimum absolute atomic E-state index is 0.794. The van der Waals surface area contributed by atoms with Gasteiger partial charge in [0.05, 0.1) is 0 Å². The van der Waals surface area contributed by atoms with Crippen molar-refractivity contribution in [1.29, 1.82) is 0 Å². The van der Waals surface area contributed by atoms with Gasteiger partial charge in [-0.05, 0) is 38.4 Å². The summed E-state index contributed by atoms with van der Waals surface area (Å²) in [6, 6.07) is 6.90. The van der Waals surface area contributed by atoms with Crippen molar-refractivity contribution >= 4 is 11.6 Å². The molecule has 2 rings (SSSR count). The molecule has 0 aliphatic heterocycles. The number of nitrogens with zero attached hydrogens (tertiary/aromatic N) is 2. The van der Waals surface area contributed by atoms with Gasteiger partial charge in [0.15, 0.2) is 0 Å². The molecular formula is C16H28N4. The van der Waals surface area contributed by atoms with E-state index in [-0.39, 0.29) is 0 Å². The number of likely N-dealkylation sites (N-methyl/N-ethyl adjacent to an activating group) is 1. The van der Waals surface area contributed by atoms with E-state index in [0.29, 0.717) is 0 Å². The second-order valence-electron chi connectivity index (χ2n) is 5.68. The smallest absolute Gasteiger partial charge is 0.128 e. The molecule has 0 radical (unpaired) electrons. The van der Waals surface area contributed by atoms with Gasteiger partial charge >= 0.3 is 0 Å². The molecule has 0 saturated heterocycles. The first-order valence-electron chi connectivity index (χ1n) is 7.94. The standard InChI is InChI=1S/C16H28N4/c1-3-11-17-15-9-6-10-16(19-15)18-12-13-20(2)14-7-4-5-8-14/h6,9-10,14H,3-5,7-8,11-13H2,1-2H3,(H2,17,18,19). The molecule has 0 unspecified atom stereocenters. The van der Waals surface area contributed by atoms with E-state index < -0.39 is 0 Å². The molecule has 112 valence electrons. The van der Waals surface area contributed by atoms with Crippen LogP contribution in [0.25, 0.3) is 0 Å². The van der Waals surface area contributed by atoms with Crippen LogP contribution in [0.15, 0.2) is 18.2 Å². The van der Waals surface area contributed by atoms with Gasteiger partial charge in [-0.1, -0.05) is 25.8 Å². The highest BCUT2D eigenvalue weighted by Gasteiger charge is 2.18. The normalized spacial score (nSPS) is 15.8. The fraction of sp³-hybridized carbons (Fsp3) is 0.688. The molecule has 1 fully saturated rings. The second kappa shape index (κ2) is 8.10. The first-order chi connectivity index (χ1) is 9.79. The van der Waals surface area contributed by atoms with Crippen molar-refractivity contribution in [2.45, 2.75) is 45.1 Å². The number of hydrogen-bond acceptors (Lipinski definition) is 4. The molecular weight excluding hydrogens is 248 g/mol. The van der Waals surface area contributed by atoms with Crippen LogP contribution >= 0.6 is 0 Å². The van der Waals surface area contributed by atoms with Crippen LogP contribution in [0.1, 0.15) is 39.0 Å². The SMILES string of the molecule is CCCNc1cccc(NCCN(C)C2CCCC2)n1. The molecule has 0 amide bonds. The molecule has 1 aromatic heterocycles. The Morgan fingerprint density at radius 3 is 2.45 bits per heavy atom. The number of hydrogen-bond donors (Lipinski definition) is 2. The lowest BCUT2D eigenvalue weighted by Crippen LogP contribution is -2.33. The number of pyridine rings is 1. The van der Waals surface area contributed by atoms with E-state index >= 15 is 0 Å². The van der Waals surface area contributed by atoms with Gasteiger partial charge in [0, 0.05) is 25.7 Å². The fourth-order valence-corrected chi connectivity index (χ4v) is 2.77. The van der Waals surface area contributed by atoms with Gasteiger partial charge < -0.3 is 15.5 Å². The van der Waals surface area contributed by atoms with Crippen LogP contribution in [0.2, 0.25) is 0 Å². The Morgan fingerprint density at radius 1 is 1.15 bits per heavy atom. The van der Waals surface area contributed by atoms with E-state index in [2.05, 4.69) is 34.5 Å². The first-order valence-corrected chi connectivity index (χ1v) is 7.94. The summed E-state index contributed by atoms with van der Waals surface area (Å²) in [7, 11) is 2.24. The maximum absolute atomic E-state index is 4.56. The van der Waals surface area contributed by atoms with Crippen LogP contribution in [0, 0.1) is 0 Å². The summed E-state index contributed by atoms with van der Waals surface area (Å²) in [6.45, 7) is 5.17. The third-order valence-electron chi connectivity index (χ3n) is 4.02. The van der Waals surface area contributed by atoms with Crippen LogP contribution in [0.5, 0.6) is 0 Å². The second-order valence-corrected chi connectivity index (χ2v) is 5.68. The first kappa shape index (κ1) is 15.1. The van der Waals surface area contributed by atoms with Gasteiger partial charge in [0.2, 0.25) is 0 Å². The average molecular weight is 276 g/mol. The summed E-state index contributed by atoms with van der Waals surface area (Å²) in [5, 5.41) is 6.74. The molecule has 0 bridgehead atoms. The monoisotopic (exact) mass is 276 g/mol. The maximum Gasteiger partial charge on any atom is 0.128 e. The van der Waals surface area contributed by atoms with Gasteiger partial charge in [0.1, 0.15) is 11.6 Å². The quantitative estimate of drug-likeness (QED) is 0.765. The zero-order chi connectivity index (χ0) is 14.2. The van der Waals surface area contributed by atoms with Gasteiger partial charge in [-0.25, -0.2) is 4.98 Å². The van der Waals surface area contributed by atoms with Crippen molar-refractivity contribution in [2.24, 2.45) is 0 Å². The minimum atomic E-state index is 0.794. The molecule has 1 saturated carbocycles. The molecule has 2 N–H and O–H groups in total. The average Bonchev–Trinajstić information content (AvgIpc) is 3.00. The van der Waals surface area contributed by atoms with E-state index in [1.165, 1.54) is 25.7 Å². The highest BCUT2D eigenvalue weighted by atomic mass is 15.2. The highest BCUT2D eigenvalue weighted by Crippen LogP contribution is 2.21. The van der Waals surface area contributed by atoms with Crippen LogP contribution < -0.4 is 10.6 Å². The van der Waals surface area contributed by atoms with Gasteiger partial charge in [0.25, 0.3) is 0 Å². The molecule has 0 spiro atoms. The number of nitrogens with one attached hydrogen (secondary N) is 2. The molecule has 0 aromatic carbocycles. The third kappa shape index (κ3) is 4.67. The summed E-state index contributed by atoms with van der Waals surface area (Å²) < 4.78 is 0. The highest BCUT2D eigenvalue weighted by molar-refractivity contribution is 5.44. The topological polar surface area (TPSA) is 40.2 Å². The van der Waals surface area contributed by atoms with Crippen LogP contribution in [0.4, 0.5) is 11.6 Å². The van der Waals surface area contributed by atoms with E-state index in [9.17, 15) is 0 Å². The maximum atomic E-state index is 4.56. The van der Waals surface area contributed by atoms with Gasteiger partial charge in [-0.3, -0.25) is 0 Å². The fourth-order valence-electron chi connectivity index (χ4n) is 2.77. The Labute approximate surface area is 123 Å². The Kier molecular flexibility index (Phi) is 6.12. The molecule has 1 aliphatic rings. The Balaban J connectivity index is 1.72. The van der Waals surface area contributed by atoms with Crippen molar-refractivity contribution in [2.75, 3.05) is 37.3 Å². The summed E-state index contributed by atoms with van der Waals surface area (Å²) in [6.07, 6.45) is 6.64. The largest absolute Gasteiger partial charge is 0.370 e. The molecule has 1 heterocycles. The molecule has 4 heteroatoms. The van der Waals surface area contributed by atoms with Crippen LogP contribution in [-0.2, 0) is 0 Å². The van der Waals surface area contributed by atoms with E-state index in [4.69, 9.17) is 0 Å². The molecule has 4 nitrogen and oxygen atoms in total. The number of rotatable bonds is 8. The van der Waals surface area contributed by atoms with E-state index in [1.807, 2.05) is 18.2 Å². The van der Waals surface area contributed by atoms with Crippen molar-refractivity contribution in [3.05, 3.63) is 18.2 Å². The van der Waals surface area contributed by atoms with Gasteiger partial charge in [-0.15, -0.1) is 0 Å². The Hall–Kier alpha value is -1.29. The Morgan fingerprint density at radius 2 is 1.80 bits per heavy atom. The predicted molar refractivity (Wildman–Crippen MR) is 86.4 cm³/mol. The van der Waals surface area contributed by atoms with Crippen LogP contribution in [-0.4, -0.2) is 42.6 Å².